The van der Waals surface area contributed by atoms with Crippen molar-refractivity contribution in [3.05, 3.63) is 35.9 Å². The normalized spacial score (nSPS) is 18.4. The van der Waals surface area contributed by atoms with Crippen molar-refractivity contribution in [3.8, 4) is 11.3 Å². The maximum absolute atomic E-state index is 11.8. The molecule has 1 atom stereocenters. The van der Waals surface area contributed by atoms with E-state index in [2.05, 4.69) is 22.0 Å². The van der Waals surface area contributed by atoms with E-state index in [0.717, 1.165) is 18.9 Å². The number of rotatable bonds is 4. The molecule has 6 nitrogen and oxygen atoms in total. The molecule has 0 saturated carbocycles. The number of aryl methyl sites for hydroxylation is 1. The lowest BCUT2D eigenvalue weighted by Crippen LogP contribution is -2.34. The first kappa shape index (κ1) is 17.8. The summed E-state index contributed by atoms with van der Waals surface area (Å²) in [6.07, 6.45) is 3.02. The Bertz CT molecular complexity index is 850. The number of sulfonamides is 1. The molecule has 1 aliphatic heterocycles. The highest BCUT2D eigenvalue weighted by atomic mass is 32.2. The van der Waals surface area contributed by atoms with Crippen molar-refractivity contribution in [1.82, 2.24) is 10.2 Å². The number of nitrogens with zero attached hydrogens (tertiary/aromatic N) is 3. The van der Waals surface area contributed by atoms with Crippen LogP contribution in [0.5, 0.6) is 0 Å². The van der Waals surface area contributed by atoms with Crippen LogP contribution in [-0.4, -0.2) is 31.7 Å². The van der Waals surface area contributed by atoms with Crippen LogP contribution in [-0.2, 0) is 16.4 Å². The SMILES string of the molecule is CCc1ccc(-c2ccc(N3CCCC(C)C3)nn2)cc1S(N)(=O)=O. The molecule has 0 amide bonds. The van der Waals surface area contributed by atoms with E-state index >= 15 is 0 Å². The minimum atomic E-state index is -3.76. The van der Waals surface area contributed by atoms with Gasteiger partial charge in [0.05, 0.1) is 10.6 Å². The molecular weight excluding hydrogens is 336 g/mol. The van der Waals surface area contributed by atoms with Crippen molar-refractivity contribution in [1.29, 1.82) is 0 Å². The molecule has 0 radical (unpaired) electrons. The fourth-order valence-corrected chi connectivity index (χ4v) is 4.19. The van der Waals surface area contributed by atoms with Gasteiger partial charge in [-0.05, 0) is 48.9 Å². The summed E-state index contributed by atoms with van der Waals surface area (Å²) >= 11 is 0. The molecule has 7 heteroatoms. The first-order valence-corrected chi connectivity index (χ1v) is 10.2. The maximum atomic E-state index is 11.8. The van der Waals surface area contributed by atoms with Gasteiger partial charge in [-0.2, -0.15) is 0 Å². The van der Waals surface area contributed by atoms with Crippen LogP contribution in [0, 0.1) is 5.92 Å². The molecule has 0 bridgehead atoms. The summed E-state index contributed by atoms with van der Waals surface area (Å²) in [7, 11) is -3.76. The first-order valence-electron chi connectivity index (χ1n) is 8.63. The summed E-state index contributed by atoms with van der Waals surface area (Å²) in [5.41, 5.74) is 2.05. The van der Waals surface area contributed by atoms with Crippen molar-refractivity contribution >= 4 is 15.8 Å². The topological polar surface area (TPSA) is 89.2 Å². The summed E-state index contributed by atoms with van der Waals surface area (Å²) in [5, 5.41) is 14.0. The molecule has 1 saturated heterocycles. The number of hydrogen-bond donors (Lipinski definition) is 1. The minimum Gasteiger partial charge on any atom is -0.355 e. The van der Waals surface area contributed by atoms with E-state index in [-0.39, 0.29) is 4.90 Å². The molecule has 1 unspecified atom stereocenters. The predicted molar refractivity (Wildman–Crippen MR) is 98.8 cm³/mol. The molecule has 1 fully saturated rings. The molecule has 2 heterocycles. The van der Waals surface area contributed by atoms with Crippen LogP contribution in [0.1, 0.15) is 32.3 Å². The lowest BCUT2D eigenvalue weighted by atomic mass is 10.0. The van der Waals surface area contributed by atoms with Crippen LogP contribution in [0.4, 0.5) is 5.82 Å². The number of hydrogen-bond acceptors (Lipinski definition) is 5. The van der Waals surface area contributed by atoms with Crippen LogP contribution < -0.4 is 10.0 Å². The number of anilines is 1. The lowest BCUT2D eigenvalue weighted by molar-refractivity contribution is 0.444. The Hall–Kier alpha value is -1.99. The Morgan fingerprint density at radius 3 is 2.64 bits per heavy atom. The largest absolute Gasteiger partial charge is 0.355 e. The summed E-state index contributed by atoms with van der Waals surface area (Å²) in [4.78, 5) is 2.41. The number of piperidine rings is 1. The third kappa shape index (κ3) is 3.99. The molecule has 2 aromatic rings. The highest BCUT2D eigenvalue weighted by Crippen LogP contribution is 2.26. The Labute approximate surface area is 149 Å². The Morgan fingerprint density at radius 2 is 2.04 bits per heavy atom. The Balaban J connectivity index is 1.90. The summed E-state index contributed by atoms with van der Waals surface area (Å²) in [6.45, 7) is 6.14. The van der Waals surface area contributed by atoms with E-state index < -0.39 is 10.0 Å². The zero-order valence-corrected chi connectivity index (χ0v) is 15.5. The van der Waals surface area contributed by atoms with Crippen LogP contribution in [0.25, 0.3) is 11.3 Å². The van der Waals surface area contributed by atoms with Gasteiger partial charge in [-0.25, -0.2) is 13.6 Å². The van der Waals surface area contributed by atoms with E-state index in [1.807, 2.05) is 25.1 Å². The number of nitrogens with two attached hydrogens (primary N) is 1. The van der Waals surface area contributed by atoms with Gasteiger partial charge in [0.1, 0.15) is 0 Å². The van der Waals surface area contributed by atoms with E-state index in [9.17, 15) is 8.42 Å². The zero-order valence-electron chi connectivity index (χ0n) is 14.6. The molecule has 134 valence electrons. The number of aromatic nitrogens is 2. The van der Waals surface area contributed by atoms with Crippen molar-refractivity contribution < 1.29 is 8.42 Å². The average molecular weight is 360 g/mol. The van der Waals surface area contributed by atoms with Crippen LogP contribution in [0.15, 0.2) is 35.2 Å². The average Bonchev–Trinajstić information content (AvgIpc) is 2.60. The first-order chi connectivity index (χ1) is 11.9. The molecule has 0 spiro atoms. The second-order valence-corrected chi connectivity index (χ2v) is 8.22. The third-order valence-electron chi connectivity index (χ3n) is 4.68. The molecule has 0 aliphatic carbocycles. The van der Waals surface area contributed by atoms with Gasteiger partial charge in [0.25, 0.3) is 0 Å². The van der Waals surface area contributed by atoms with Gasteiger partial charge in [0.2, 0.25) is 10.0 Å². The van der Waals surface area contributed by atoms with Crippen molar-refractivity contribution in [2.24, 2.45) is 11.1 Å². The summed E-state index contributed by atoms with van der Waals surface area (Å²) in [6, 6.07) is 9.07. The van der Waals surface area contributed by atoms with E-state index in [1.54, 1.807) is 12.1 Å². The van der Waals surface area contributed by atoms with Crippen molar-refractivity contribution in [2.45, 2.75) is 38.0 Å². The molecule has 3 rings (SSSR count). The van der Waals surface area contributed by atoms with Gasteiger partial charge in [-0.3, -0.25) is 0 Å². The van der Waals surface area contributed by atoms with Crippen LogP contribution >= 0.6 is 0 Å². The Kier molecular flexibility index (Phi) is 5.06. The Morgan fingerprint density at radius 1 is 1.24 bits per heavy atom. The van der Waals surface area contributed by atoms with Crippen molar-refractivity contribution in [2.75, 3.05) is 18.0 Å². The van der Waals surface area contributed by atoms with E-state index in [0.29, 0.717) is 29.2 Å². The number of benzene rings is 1. The monoisotopic (exact) mass is 360 g/mol. The van der Waals surface area contributed by atoms with Gasteiger partial charge in [-0.15, -0.1) is 10.2 Å². The molecule has 1 aliphatic rings. The molecule has 25 heavy (non-hydrogen) atoms. The van der Waals surface area contributed by atoms with Crippen LogP contribution in [0.2, 0.25) is 0 Å². The summed E-state index contributed by atoms with van der Waals surface area (Å²) in [5.74, 6) is 1.53. The van der Waals surface area contributed by atoms with Gasteiger partial charge in [0, 0.05) is 18.7 Å². The highest BCUT2D eigenvalue weighted by Gasteiger charge is 2.18. The lowest BCUT2D eigenvalue weighted by Gasteiger charge is -2.31. The molecule has 2 N–H and O–H groups in total. The third-order valence-corrected chi connectivity index (χ3v) is 5.67. The quantitative estimate of drug-likeness (QED) is 0.905. The van der Waals surface area contributed by atoms with Gasteiger partial charge in [0.15, 0.2) is 5.82 Å². The number of primary sulfonamides is 1. The van der Waals surface area contributed by atoms with Gasteiger partial charge in [-0.1, -0.05) is 26.0 Å². The summed E-state index contributed by atoms with van der Waals surface area (Å²) < 4.78 is 23.6. The smallest absolute Gasteiger partial charge is 0.238 e. The second-order valence-electron chi connectivity index (χ2n) is 6.69. The van der Waals surface area contributed by atoms with E-state index in [4.69, 9.17) is 5.14 Å². The van der Waals surface area contributed by atoms with Gasteiger partial charge < -0.3 is 4.90 Å². The molecule has 1 aromatic carbocycles. The van der Waals surface area contributed by atoms with Crippen LogP contribution in [0.3, 0.4) is 0 Å². The van der Waals surface area contributed by atoms with Gasteiger partial charge >= 0.3 is 0 Å². The fraction of sp³-hybridized carbons (Fsp3) is 0.444. The van der Waals surface area contributed by atoms with Crippen molar-refractivity contribution in [3.63, 3.8) is 0 Å². The maximum Gasteiger partial charge on any atom is 0.238 e. The molecular formula is C18H24N4O2S. The predicted octanol–water partition coefficient (Wildman–Crippen LogP) is 2.59. The standard InChI is InChI=1S/C18H24N4O2S/c1-3-14-6-7-15(11-17(14)25(19,23)24)16-8-9-18(21-20-16)22-10-4-5-13(2)12-22/h6-9,11,13H,3-5,10,12H2,1-2H3,(H2,19,23,24). The fourth-order valence-electron chi connectivity index (χ4n) is 3.32. The zero-order chi connectivity index (χ0) is 18.0. The highest BCUT2D eigenvalue weighted by molar-refractivity contribution is 7.89. The molecule has 1 aromatic heterocycles. The minimum absolute atomic E-state index is 0.156. The van der Waals surface area contributed by atoms with E-state index in [1.165, 1.54) is 12.8 Å². The second kappa shape index (κ2) is 7.09.